The third-order valence-electron chi connectivity index (χ3n) is 4.28. The predicted molar refractivity (Wildman–Crippen MR) is 89.3 cm³/mol. The average Bonchev–Trinajstić information content (AvgIpc) is 3.15. The smallest absolute Gasteiger partial charge is 0.346 e. The van der Waals surface area contributed by atoms with Gasteiger partial charge in [-0.1, -0.05) is 0 Å². The van der Waals surface area contributed by atoms with Gasteiger partial charge in [-0.15, -0.1) is 0 Å². The second kappa shape index (κ2) is 5.48. The van der Waals surface area contributed by atoms with Gasteiger partial charge in [-0.3, -0.25) is 0 Å². The van der Waals surface area contributed by atoms with Crippen molar-refractivity contribution in [2.75, 3.05) is 6.54 Å². The van der Waals surface area contributed by atoms with Crippen LogP contribution in [0.3, 0.4) is 0 Å². The first-order valence-corrected chi connectivity index (χ1v) is 7.88. The van der Waals surface area contributed by atoms with Crippen LogP contribution in [0.25, 0.3) is 27.8 Å². The Morgan fingerprint density at radius 2 is 2.19 bits per heavy atom. The second-order valence-electron chi connectivity index (χ2n) is 6.50. The molecule has 4 rings (SSSR count). The Morgan fingerprint density at radius 1 is 1.42 bits per heavy atom. The number of fused-ring (bicyclic) bond motifs is 3. The van der Waals surface area contributed by atoms with Gasteiger partial charge in [0.05, 0.1) is 17.3 Å². The van der Waals surface area contributed by atoms with Crippen LogP contribution in [0.5, 0.6) is 0 Å². The Hall–Kier alpha value is -3.04. The lowest BCUT2D eigenvalue weighted by atomic mass is 9.84. The first-order valence-electron chi connectivity index (χ1n) is 7.88. The van der Waals surface area contributed by atoms with Crippen molar-refractivity contribution in [3.8, 4) is 0 Å². The number of nitrogens with one attached hydrogen (secondary N) is 3. The van der Waals surface area contributed by atoms with E-state index in [9.17, 15) is 18.0 Å². The largest absolute Gasteiger partial charge is 0.405 e. The molecular weight excluding hydrogens is 349 g/mol. The van der Waals surface area contributed by atoms with Crippen molar-refractivity contribution in [3.05, 3.63) is 30.9 Å². The minimum Gasteiger partial charge on any atom is -0.346 e. The highest BCUT2D eigenvalue weighted by atomic mass is 19.4. The van der Waals surface area contributed by atoms with Gasteiger partial charge in [0.1, 0.15) is 24.0 Å². The van der Waals surface area contributed by atoms with E-state index in [-0.39, 0.29) is 0 Å². The number of hydrogen-bond acceptors (Lipinski definition) is 3. The zero-order chi connectivity index (χ0) is 18.5. The third-order valence-corrected chi connectivity index (χ3v) is 4.28. The number of H-pyrrole nitrogens is 1. The molecular formula is C16H15F3N6O. The monoisotopic (exact) mass is 364 g/mol. The van der Waals surface area contributed by atoms with Crippen LogP contribution in [0.2, 0.25) is 0 Å². The topological polar surface area (TPSA) is 87.6 Å². The fraction of sp³-hybridized carbons (Fsp3) is 0.312. The molecule has 3 aromatic heterocycles. The van der Waals surface area contributed by atoms with Crippen LogP contribution in [-0.2, 0) is 0 Å². The molecule has 0 saturated heterocycles. The van der Waals surface area contributed by atoms with Gasteiger partial charge in [-0.25, -0.2) is 14.8 Å². The zero-order valence-electron chi connectivity index (χ0n) is 13.7. The number of carbonyl (C=O) groups is 1. The lowest BCUT2D eigenvalue weighted by Crippen LogP contribution is -2.54. The summed E-state index contributed by atoms with van der Waals surface area (Å²) < 4.78 is 38.4. The number of halogens is 3. The maximum atomic E-state index is 12.2. The lowest BCUT2D eigenvalue weighted by Gasteiger charge is -2.37. The summed E-state index contributed by atoms with van der Waals surface area (Å²) in [6.45, 7) is 0.381. The summed E-state index contributed by atoms with van der Waals surface area (Å²) in [5.74, 6) is 0. The zero-order valence-corrected chi connectivity index (χ0v) is 13.7. The molecule has 2 amide bonds. The highest BCUT2D eigenvalue weighted by Gasteiger charge is 2.36. The van der Waals surface area contributed by atoms with Crippen LogP contribution < -0.4 is 10.6 Å². The molecule has 1 aliphatic carbocycles. The van der Waals surface area contributed by atoms with Crippen molar-refractivity contribution >= 4 is 33.8 Å². The van der Waals surface area contributed by atoms with Crippen molar-refractivity contribution in [1.29, 1.82) is 0 Å². The Kier molecular flexibility index (Phi) is 3.46. The molecule has 1 aliphatic rings. The van der Waals surface area contributed by atoms with Crippen LogP contribution in [0.15, 0.2) is 30.9 Å². The van der Waals surface area contributed by atoms with Gasteiger partial charge < -0.3 is 20.2 Å². The van der Waals surface area contributed by atoms with E-state index in [0.717, 1.165) is 27.8 Å². The number of rotatable bonds is 3. The van der Waals surface area contributed by atoms with Crippen LogP contribution in [0.4, 0.5) is 18.0 Å². The summed E-state index contributed by atoms with van der Waals surface area (Å²) in [5, 5.41) is 5.29. The summed E-state index contributed by atoms with van der Waals surface area (Å²) in [6, 6.07) is 1.05. The molecule has 3 heterocycles. The maximum absolute atomic E-state index is 12.2. The SMILES string of the molecule is CC1(NC(=O)NCC(F)(F)F)C=C(n2cnc3cnc4[nH]ccc4c32)C1. The number of amides is 2. The molecule has 0 radical (unpaired) electrons. The van der Waals surface area contributed by atoms with Gasteiger partial charge in [0.15, 0.2) is 0 Å². The van der Waals surface area contributed by atoms with E-state index in [1.807, 2.05) is 16.0 Å². The molecule has 0 saturated carbocycles. The highest BCUT2D eigenvalue weighted by Crippen LogP contribution is 2.36. The number of alkyl halides is 3. The minimum absolute atomic E-state index is 0.464. The Balaban J connectivity index is 1.55. The van der Waals surface area contributed by atoms with Crippen molar-refractivity contribution in [2.45, 2.75) is 25.1 Å². The average molecular weight is 364 g/mol. The molecule has 3 aromatic rings. The first-order chi connectivity index (χ1) is 12.2. The van der Waals surface area contributed by atoms with Crippen molar-refractivity contribution in [2.24, 2.45) is 0 Å². The Labute approximate surface area is 145 Å². The quantitative estimate of drug-likeness (QED) is 0.668. The summed E-state index contributed by atoms with van der Waals surface area (Å²) in [4.78, 5) is 23.3. The molecule has 3 N–H and O–H groups in total. The first kappa shape index (κ1) is 16.4. The van der Waals surface area contributed by atoms with Crippen LogP contribution >= 0.6 is 0 Å². The van der Waals surface area contributed by atoms with Gasteiger partial charge in [-0.05, 0) is 19.1 Å². The minimum atomic E-state index is -4.44. The molecule has 1 unspecified atom stereocenters. The molecule has 10 heteroatoms. The summed E-state index contributed by atoms with van der Waals surface area (Å²) >= 11 is 0. The number of imidazole rings is 1. The van der Waals surface area contributed by atoms with Crippen LogP contribution in [0, 0.1) is 0 Å². The third kappa shape index (κ3) is 2.87. The Morgan fingerprint density at radius 3 is 2.92 bits per heavy atom. The summed E-state index contributed by atoms with van der Waals surface area (Å²) in [5.41, 5.74) is 2.56. The number of nitrogens with zero attached hydrogens (tertiary/aromatic N) is 3. The number of hydrogen-bond donors (Lipinski definition) is 3. The van der Waals surface area contributed by atoms with Gasteiger partial charge in [0, 0.05) is 23.7 Å². The molecule has 0 bridgehead atoms. The molecule has 7 nitrogen and oxygen atoms in total. The van der Waals surface area contributed by atoms with Crippen LogP contribution in [0.1, 0.15) is 13.3 Å². The van der Waals surface area contributed by atoms with E-state index in [4.69, 9.17) is 0 Å². The van der Waals surface area contributed by atoms with E-state index >= 15 is 0 Å². The fourth-order valence-electron chi connectivity index (χ4n) is 3.16. The predicted octanol–water partition coefficient (Wildman–Crippen LogP) is 2.78. The molecule has 0 fully saturated rings. The molecule has 0 spiro atoms. The normalized spacial score (nSPS) is 20.1. The number of aromatic amines is 1. The molecule has 0 aliphatic heterocycles. The number of urea groups is 1. The maximum Gasteiger partial charge on any atom is 0.405 e. The van der Waals surface area contributed by atoms with Crippen molar-refractivity contribution in [1.82, 2.24) is 30.2 Å². The van der Waals surface area contributed by atoms with Gasteiger partial charge in [0.25, 0.3) is 0 Å². The fourth-order valence-corrected chi connectivity index (χ4v) is 3.16. The van der Waals surface area contributed by atoms with Gasteiger partial charge >= 0.3 is 12.2 Å². The van der Waals surface area contributed by atoms with E-state index < -0.39 is 24.3 Å². The van der Waals surface area contributed by atoms with E-state index in [2.05, 4.69) is 20.3 Å². The number of carbonyl (C=O) groups excluding carboxylic acids is 1. The Bertz CT molecular complexity index is 1030. The summed E-state index contributed by atoms with van der Waals surface area (Å²) in [7, 11) is 0. The van der Waals surface area contributed by atoms with E-state index in [0.29, 0.717) is 6.42 Å². The van der Waals surface area contributed by atoms with Gasteiger partial charge in [0.2, 0.25) is 0 Å². The van der Waals surface area contributed by atoms with Gasteiger partial charge in [-0.2, -0.15) is 13.2 Å². The second-order valence-corrected chi connectivity index (χ2v) is 6.50. The van der Waals surface area contributed by atoms with E-state index in [1.165, 1.54) is 0 Å². The van der Waals surface area contributed by atoms with Crippen LogP contribution in [-0.4, -0.2) is 43.8 Å². The van der Waals surface area contributed by atoms with E-state index in [1.54, 1.807) is 31.7 Å². The van der Waals surface area contributed by atoms with Crippen molar-refractivity contribution < 1.29 is 18.0 Å². The lowest BCUT2D eigenvalue weighted by molar-refractivity contribution is -0.122. The van der Waals surface area contributed by atoms with Crippen molar-refractivity contribution in [3.63, 3.8) is 0 Å². The summed E-state index contributed by atoms with van der Waals surface area (Å²) in [6.07, 6.45) is 2.97. The molecule has 1 atom stereocenters. The number of aromatic nitrogens is 4. The molecule has 136 valence electrons. The standard InChI is InChI=1S/C16H15F3N6O/c1-15(24-14(26)22-7-16(17,18)19)4-9(5-15)25-8-23-11-6-21-13-10(12(11)25)2-3-20-13/h2-4,6,8H,5,7H2,1H3,(H,20,21)(H2,22,24,26). The number of pyridine rings is 1. The molecule has 26 heavy (non-hydrogen) atoms. The molecule has 0 aromatic carbocycles. The highest BCUT2D eigenvalue weighted by molar-refractivity contribution is 6.02.